The number of carbonyl (C=O) groups excluding carboxylic acids is 1. The molecule has 0 spiro atoms. The largest absolute Gasteiger partial charge is 0.453 e. The smallest absolute Gasteiger partial charge is 0.397 e. The first-order chi connectivity index (χ1) is 5.61. The van der Waals surface area contributed by atoms with E-state index in [4.69, 9.17) is 10.3 Å². The molecule has 0 unspecified atom stereocenters. The van der Waals surface area contributed by atoms with Crippen molar-refractivity contribution in [3.8, 4) is 0 Å². The van der Waals surface area contributed by atoms with Gasteiger partial charge >= 0.3 is 6.09 Å². The Morgan fingerprint density at radius 2 is 2.33 bits per heavy atom. The van der Waals surface area contributed by atoms with Gasteiger partial charge in [0.1, 0.15) is 6.10 Å². The lowest BCUT2D eigenvalue weighted by atomic mass is 10.1. The van der Waals surface area contributed by atoms with E-state index in [0.29, 0.717) is 0 Å². The number of hydrogen-bond acceptors (Lipinski definition) is 2. The minimum absolute atomic E-state index is 0.125. The lowest BCUT2D eigenvalue weighted by Gasteiger charge is -2.15. The standard InChI is InChI=1S/C7H11N3O2/c1-4-6(5(2)3)12-7(11)9-10-8/h4-6H,1H2,2-3H3/t6-/m1/s1. The summed E-state index contributed by atoms with van der Waals surface area (Å²) in [6.07, 6.45) is 0.175. The third-order valence-corrected chi connectivity index (χ3v) is 1.25. The van der Waals surface area contributed by atoms with Crippen LogP contribution in [0.15, 0.2) is 17.8 Å². The maximum absolute atomic E-state index is 10.6. The molecule has 0 fully saturated rings. The predicted molar refractivity (Wildman–Crippen MR) is 44.5 cm³/mol. The summed E-state index contributed by atoms with van der Waals surface area (Å²) in [5.41, 5.74) is 7.89. The van der Waals surface area contributed by atoms with Crippen LogP contribution in [-0.2, 0) is 4.74 Å². The lowest BCUT2D eigenvalue weighted by Crippen LogP contribution is -2.18. The van der Waals surface area contributed by atoms with Gasteiger partial charge in [-0.05, 0) is 11.4 Å². The van der Waals surface area contributed by atoms with Crippen LogP contribution >= 0.6 is 0 Å². The SMILES string of the molecule is C=C[C@@H](OC(=O)N=[N+]=[N-])C(C)C. The minimum Gasteiger partial charge on any atom is -0.453 e. The van der Waals surface area contributed by atoms with Crippen LogP contribution in [-0.4, -0.2) is 12.2 Å². The second-order valence-electron chi connectivity index (χ2n) is 2.52. The topological polar surface area (TPSA) is 75.1 Å². The fraction of sp³-hybridized carbons (Fsp3) is 0.571. The van der Waals surface area contributed by atoms with E-state index in [9.17, 15) is 4.79 Å². The molecule has 5 heteroatoms. The van der Waals surface area contributed by atoms with Crippen LogP contribution in [0.1, 0.15) is 13.8 Å². The summed E-state index contributed by atoms with van der Waals surface area (Å²) in [7, 11) is 0. The molecule has 0 aliphatic rings. The second-order valence-corrected chi connectivity index (χ2v) is 2.52. The highest BCUT2D eigenvalue weighted by Crippen LogP contribution is 2.08. The Morgan fingerprint density at radius 3 is 2.67 bits per heavy atom. The van der Waals surface area contributed by atoms with E-state index >= 15 is 0 Å². The Balaban J connectivity index is 4.11. The molecule has 0 aromatic heterocycles. The monoisotopic (exact) mass is 169 g/mol. The van der Waals surface area contributed by atoms with E-state index in [1.54, 1.807) is 0 Å². The van der Waals surface area contributed by atoms with E-state index in [2.05, 4.69) is 16.6 Å². The summed E-state index contributed by atoms with van der Waals surface area (Å²) < 4.78 is 4.72. The number of azide groups is 1. The molecule has 12 heavy (non-hydrogen) atoms. The van der Waals surface area contributed by atoms with E-state index < -0.39 is 12.2 Å². The molecule has 0 saturated carbocycles. The van der Waals surface area contributed by atoms with Crippen molar-refractivity contribution < 1.29 is 9.53 Å². The summed E-state index contributed by atoms with van der Waals surface area (Å²) in [6, 6.07) is 0. The molecule has 0 N–H and O–H groups in total. The van der Waals surface area contributed by atoms with Gasteiger partial charge in [0.05, 0.1) is 0 Å². The van der Waals surface area contributed by atoms with Crippen LogP contribution in [0.2, 0.25) is 0 Å². The van der Waals surface area contributed by atoms with Gasteiger partial charge in [0, 0.05) is 10.0 Å². The molecule has 0 heterocycles. The average Bonchev–Trinajstić information content (AvgIpc) is 2.00. The van der Waals surface area contributed by atoms with Crippen molar-refractivity contribution in [1.82, 2.24) is 0 Å². The molecule has 0 rings (SSSR count). The quantitative estimate of drug-likeness (QED) is 0.282. The number of hydrogen-bond donors (Lipinski definition) is 0. The Hall–Kier alpha value is -1.48. The van der Waals surface area contributed by atoms with Gasteiger partial charge in [-0.15, -0.1) is 0 Å². The van der Waals surface area contributed by atoms with Gasteiger partial charge in [0.2, 0.25) is 0 Å². The van der Waals surface area contributed by atoms with Crippen molar-refractivity contribution in [3.05, 3.63) is 23.1 Å². The number of rotatable bonds is 3. The first-order valence-electron chi connectivity index (χ1n) is 3.50. The van der Waals surface area contributed by atoms with E-state index in [0.717, 1.165) is 0 Å². The Labute approximate surface area is 70.6 Å². The number of ether oxygens (including phenoxy) is 1. The van der Waals surface area contributed by atoms with Gasteiger partial charge in [-0.25, -0.2) is 4.79 Å². The molecule has 0 aromatic carbocycles. The van der Waals surface area contributed by atoms with Gasteiger partial charge in [-0.2, -0.15) is 0 Å². The average molecular weight is 169 g/mol. The molecule has 1 atom stereocenters. The molecule has 0 radical (unpaired) electrons. The highest BCUT2D eigenvalue weighted by Gasteiger charge is 2.12. The molecule has 1 amide bonds. The van der Waals surface area contributed by atoms with Crippen molar-refractivity contribution in [3.63, 3.8) is 0 Å². The van der Waals surface area contributed by atoms with Gasteiger partial charge in [0.25, 0.3) is 0 Å². The van der Waals surface area contributed by atoms with Crippen LogP contribution in [0.4, 0.5) is 4.79 Å². The molecule has 0 aliphatic carbocycles. The predicted octanol–water partition coefficient (Wildman–Crippen LogP) is 2.64. The second kappa shape index (κ2) is 5.21. The van der Waals surface area contributed by atoms with Gasteiger partial charge < -0.3 is 4.74 Å². The van der Waals surface area contributed by atoms with Crippen molar-refractivity contribution in [2.24, 2.45) is 11.0 Å². The zero-order valence-electron chi connectivity index (χ0n) is 7.10. The third kappa shape index (κ3) is 3.63. The Morgan fingerprint density at radius 1 is 1.75 bits per heavy atom. The van der Waals surface area contributed by atoms with E-state index in [1.807, 2.05) is 13.8 Å². The fourth-order valence-electron chi connectivity index (χ4n) is 0.633. The van der Waals surface area contributed by atoms with Crippen LogP contribution < -0.4 is 0 Å². The number of nitrogens with zero attached hydrogens (tertiary/aromatic N) is 3. The van der Waals surface area contributed by atoms with Crippen molar-refractivity contribution in [1.29, 1.82) is 0 Å². The van der Waals surface area contributed by atoms with E-state index in [-0.39, 0.29) is 5.92 Å². The van der Waals surface area contributed by atoms with Crippen LogP contribution in [0, 0.1) is 5.92 Å². The maximum Gasteiger partial charge on any atom is 0.397 e. The number of carbonyl (C=O) groups is 1. The summed E-state index contributed by atoms with van der Waals surface area (Å²) in [6.45, 7) is 7.22. The molecule has 0 aromatic rings. The highest BCUT2D eigenvalue weighted by atomic mass is 16.6. The van der Waals surface area contributed by atoms with Gasteiger partial charge in [0.15, 0.2) is 0 Å². The van der Waals surface area contributed by atoms with Gasteiger partial charge in [-0.1, -0.05) is 26.5 Å². The fourth-order valence-corrected chi connectivity index (χ4v) is 0.633. The Bertz CT molecular complexity index is 219. The van der Waals surface area contributed by atoms with Crippen molar-refractivity contribution in [2.75, 3.05) is 0 Å². The lowest BCUT2D eigenvalue weighted by molar-refractivity contribution is 0.106. The van der Waals surface area contributed by atoms with Gasteiger partial charge in [-0.3, -0.25) is 0 Å². The molecule has 66 valence electrons. The molecule has 0 saturated heterocycles. The summed E-state index contributed by atoms with van der Waals surface area (Å²) in [5.74, 6) is 0.125. The molecule has 0 bridgehead atoms. The highest BCUT2D eigenvalue weighted by molar-refractivity contribution is 5.68. The Kier molecular flexibility index (Phi) is 4.57. The molecule has 0 aliphatic heterocycles. The summed E-state index contributed by atoms with van der Waals surface area (Å²) in [5, 5.41) is 2.77. The first-order valence-corrected chi connectivity index (χ1v) is 3.50. The zero-order chi connectivity index (χ0) is 9.56. The minimum atomic E-state index is -0.920. The normalized spacial score (nSPS) is 11.6. The van der Waals surface area contributed by atoms with Crippen molar-refractivity contribution >= 4 is 6.09 Å². The van der Waals surface area contributed by atoms with Crippen molar-refractivity contribution in [2.45, 2.75) is 20.0 Å². The zero-order valence-corrected chi connectivity index (χ0v) is 7.10. The summed E-state index contributed by atoms with van der Waals surface area (Å²) >= 11 is 0. The molecular formula is C7H11N3O2. The van der Waals surface area contributed by atoms with Crippen LogP contribution in [0.5, 0.6) is 0 Å². The first kappa shape index (κ1) is 10.5. The van der Waals surface area contributed by atoms with Crippen LogP contribution in [0.25, 0.3) is 10.4 Å². The molecule has 5 nitrogen and oxygen atoms in total. The van der Waals surface area contributed by atoms with E-state index in [1.165, 1.54) is 6.08 Å². The third-order valence-electron chi connectivity index (χ3n) is 1.25. The van der Waals surface area contributed by atoms with Crippen LogP contribution in [0.3, 0.4) is 0 Å². The number of amides is 1. The maximum atomic E-state index is 10.6. The molecular weight excluding hydrogens is 158 g/mol. The summed E-state index contributed by atoms with van der Waals surface area (Å²) in [4.78, 5) is 12.9.